The van der Waals surface area contributed by atoms with Crippen molar-refractivity contribution in [3.05, 3.63) is 52.5 Å². The Kier molecular flexibility index (Phi) is 2.54. The second-order valence-corrected chi connectivity index (χ2v) is 4.45. The molecule has 17 heavy (non-hydrogen) atoms. The molecule has 0 aliphatic rings. The molecule has 3 aromatic rings. The molecule has 2 aromatic carbocycles. The first kappa shape index (κ1) is 10.6. The summed E-state index contributed by atoms with van der Waals surface area (Å²) >= 11 is 12.0. The number of fused-ring (bicyclic) bond motifs is 1. The van der Waals surface area contributed by atoms with Crippen molar-refractivity contribution >= 4 is 34.3 Å². The first-order valence-corrected chi connectivity index (χ1v) is 5.80. The minimum absolute atomic E-state index is 0.507. The van der Waals surface area contributed by atoms with Gasteiger partial charge in [0.05, 0.1) is 10.6 Å². The van der Waals surface area contributed by atoms with Gasteiger partial charge < -0.3 is 4.42 Å². The molecule has 0 saturated carbocycles. The lowest BCUT2D eigenvalue weighted by atomic mass is 10.2. The average molecular weight is 264 g/mol. The molecule has 4 heteroatoms. The molecular formula is C13H7Cl2NO. The van der Waals surface area contributed by atoms with Crippen LogP contribution in [0.2, 0.25) is 10.0 Å². The Labute approximate surface area is 108 Å². The van der Waals surface area contributed by atoms with Crippen LogP contribution in [0.4, 0.5) is 0 Å². The lowest BCUT2D eigenvalue weighted by Crippen LogP contribution is -1.77. The van der Waals surface area contributed by atoms with Crippen LogP contribution in [0.25, 0.3) is 22.6 Å². The van der Waals surface area contributed by atoms with Crippen LogP contribution in [0.1, 0.15) is 0 Å². The highest BCUT2D eigenvalue weighted by molar-refractivity contribution is 6.33. The Morgan fingerprint density at radius 2 is 1.82 bits per heavy atom. The van der Waals surface area contributed by atoms with Crippen molar-refractivity contribution in [2.24, 2.45) is 0 Å². The summed E-state index contributed by atoms with van der Waals surface area (Å²) in [5.74, 6) is 0.507. The number of oxazole rings is 1. The Morgan fingerprint density at radius 3 is 2.65 bits per heavy atom. The smallest absolute Gasteiger partial charge is 0.228 e. The van der Waals surface area contributed by atoms with Gasteiger partial charge in [-0.25, -0.2) is 4.98 Å². The number of aromatic nitrogens is 1. The molecule has 0 N–H and O–H groups in total. The van der Waals surface area contributed by atoms with Gasteiger partial charge in [0, 0.05) is 5.02 Å². The van der Waals surface area contributed by atoms with E-state index in [2.05, 4.69) is 4.98 Å². The van der Waals surface area contributed by atoms with Gasteiger partial charge in [0.15, 0.2) is 5.58 Å². The Bertz CT molecular complexity index is 691. The zero-order valence-corrected chi connectivity index (χ0v) is 10.2. The molecule has 3 rings (SSSR count). The largest absolute Gasteiger partial charge is 0.436 e. The molecule has 0 saturated heterocycles. The Balaban J connectivity index is 2.22. The number of benzene rings is 2. The lowest BCUT2D eigenvalue weighted by molar-refractivity contribution is 0.620. The third-order valence-corrected chi connectivity index (χ3v) is 3.02. The summed E-state index contributed by atoms with van der Waals surface area (Å²) in [6, 6.07) is 12.8. The van der Waals surface area contributed by atoms with Gasteiger partial charge in [0.25, 0.3) is 0 Å². The van der Waals surface area contributed by atoms with Crippen molar-refractivity contribution in [2.75, 3.05) is 0 Å². The number of rotatable bonds is 1. The van der Waals surface area contributed by atoms with E-state index < -0.39 is 0 Å². The molecular weight excluding hydrogens is 257 g/mol. The highest BCUT2D eigenvalue weighted by atomic mass is 35.5. The molecule has 0 unspecified atom stereocenters. The minimum atomic E-state index is 0.507. The van der Waals surface area contributed by atoms with Crippen molar-refractivity contribution in [2.45, 2.75) is 0 Å². The number of nitrogens with zero attached hydrogens (tertiary/aromatic N) is 1. The van der Waals surface area contributed by atoms with E-state index in [1.807, 2.05) is 18.2 Å². The first-order valence-electron chi connectivity index (χ1n) is 5.05. The van der Waals surface area contributed by atoms with Crippen LogP contribution in [0.3, 0.4) is 0 Å². The topological polar surface area (TPSA) is 26.0 Å². The zero-order valence-electron chi connectivity index (χ0n) is 8.65. The Hall–Kier alpha value is -1.51. The standard InChI is InChI=1S/C13H7Cl2NO/c14-8-5-6-12-11(7-8)16-13(17-12)9-3-1-2-4-10(9)15/h1-7H. The van der Waals surface area contributed by atoms with Crippen LogP contribution in [0.15, 0.2) is 46.9 Å². The fourth-order valence-electron chi connectivity index (χ4n) is 1.65. The maximum Gasteiger partial charge on any atom is 0.228 e. The van der Waals surface area contributed by atoms with Gasteiger partial charge in [-0.15, -0.1) is 0 Å². The van der Waals surface area contributed by atoms with Gasteiger partial charge in [-0.05, 0) is 30.3 Å². The van der Waals surface area contributed by atoms with E-state index in [9.17, 15) is 0 Å². The predicted molar refractivity (Wildman–Crippen MR) is 69.5 cm³/mol. The normalized spacial score (nSPS) is 10.9. The fourth-order valence-corrected chi connectivity index (χ4v) is 2.03. The van der Waals surface area contributed by atoms with Crippen LogP contribution >= 0.6 is 23.2 Å². The van der Waals surface area contributed by atoms with Crippen LogP contribution in [-0.2, 0) is 0 Å². The van der Waals surface area contributed by atoms with Crippen molar-refractivity contribution in [3.8, 4) is 11.5 Å². The molecule has 2 nitrogen and oxygen atoms in total. The van der Waals surface area contributed by atoms with Crippen LogP contribution < -0.4 is 0 Å². The number of hydrogen-bond acceptors (Lipinski definition) is 2. The molecule has 0 amide bonds. The third kappa shape index (κ3) is 1.90. The van der Waals surface area contributed by atoms with E-state index in [1.165, 1.54) is 0 Å². The number of halogens is 2. The van der Waals surface area contributed by atoms with Gasteiger partial charge in [-0.1, -0.05) is 35.3 Å². The summed E-state index contributed by atoms with van der Waals surface area (Å²) < 4.78 is 5.64. The summed E-state index contributed by atoms with van der Waals surface area (Å²) in [7, 11) is 0. The second-order valence-electron chi connectivity index (χ2n) is 3.61. The van der Waals surface area contributed by atoms with Gasteiger partial charge >= 0.3 is 0 Å². The Morgan fingerprint density at radius 1 is 1.00 bits per heavy atom. The molecule has 0 aliphatic carbocycles. The van der Waals surface area contributed by atoms with Gasteiger partial charge in [0.2, 0.25) is 5.89 Å². The molecule has 0 fully saturated rings. The minimum Gasteiger partial charge on any atom is -0.436 e. The quantitative estimate of drug-likeness (QED) is 0.630. The van der Waals surface area contributed by atoms with E-state index in [1.54, 1.807) is 24.3 Å². The van der Waals surface area contributed by atoms with Gasteiger partial charge in [-0.3, -0.25) is 0 Å². The molecule has 0 radical (unpaired) electrons. The molecule has 0 spiro atoms. The number of hydrogen-bond donors (Lipinski definition) is 0. The molecule has 0 atom stereocenters. The van der Waals surface area contributed by atoms with Crippen molar-refractivity contribution in [1.82, 2.24) is 4.98 Å². The summed E-state index contributed by atoms with van der Waals surface area (Å²) in [4.78, 5) is 4.37. The van der Waals surface area contributed by atoms with Crippen molar-refractivity contribution in [3.63, 3.8) is 0 Å². The third-order valence-electron chi connectivity index (χ3n) is 2.45. The molecule has 84 valence electrons. The summed E-state index contributed by atoms with van der Waals surface area (Å²) in [6.45, 7) is 0. The van der Waals surface area contributed by atoms with Crippen LogP contribution in [0, 0.1) is 0 Å². The van der Waals surface area contributed by atoms with E-state index in [4.69, 9.17) is 27.6 Å². The maximum absolute atomic E-state index is 6.09. The predicted octanol–water partition coefficient (Wildman–Crippen LogP) is 4.80. The van der Waals surface area contributed by atoms with Crippen molar-refractivity contribution < 1.29 is 4.42 Å². The van der Waals surface area contributed by atoms with E-state index in [0.29, 0.717) is 21.5 Å². The van der Waals surface area contributed by atoms with E-state index in [0.717, 1.165) is 11.1 Å². The zero-order chi connectivity index (χ0) is 11.8. The molecule has 1 aromatic heterocycles. The van der Waals surface area contributed by atoms with E-state index in [-0.39, 0.29) is 0 Å². The maximum atomic E-state index is 6.09. The summed E-state index contributed by atoms with van der Waals surface area (Å²) in [6.07, 6.45) is 0. The second kappa shape index (κ2) is 4.06. The monoisotopic (exact) mass is 263 g/mol. The van der Waals surface area contributed by atoms with Gasteiger partial charge in [-0.2, -0.15) is 0 Å². The van der Waals surface area contributed by atoms with Crippen LogP contribution in [-0.4, -0.2) is 4.98 Å². The highest BCUT2D eigenvalue weighted by Gasteiger charge is 2.10. The van der Waals surface area contributed by atoms with Crippen LogP contribution in [0.5, 0.6) is 0 Å². The first-order chi connectivity index (χ1) is 8.24. The molecule has 0 bridgehead atoms. The fraction of sp³-hybridized carbons (Fsp3) is 0. The van der Waals surface area contributed by atoms with Gasteiger partial charge in [0.1, 0.15) is 5.52 Å². The summed E-state index contributed by atoms with van der Waals surface area (Å²) in [5.41, 5.74) is 2.21. The summed E-state index contributed by atoms with van der Waals surface area (Å²) in [5, 5.41) is 1.25. The molecule has 1 heterocycles. The van der Waals surface area contributed by atoms with E-state index >= 15 is 0 Å². The SMILES string of the molecule is Clc1ccc2oc(-c3ccccc3Cl)nc2c1. The molecule has 0 aliphatic heterocycles. The average Bonchev–Trinajstić information content (AvgIpc) is 2.72. The highest BCUT2D eigenvalue weighted by Crippen LogP contribution is 2.30. The van der Waals surface area contributed by atoms with Crippen molar-refractivity contribution in [1.29, 1.82) is 0 Å². The lowest BCUT2D eigenvalue weighted by Gasteiger charge is -1.96.